The predicted octanol–water partition coefficient (Wildman–Crippen LogP) is 6.98. The maximum absolute atomic E-state index is 10.8. The molecule has 1 unspecified atom stereocenters. The van der Waals surface area contributed by atoms with E-state index in [1.807, 2.05) is 0 Å². The second kappa shape index (κ2) is 8.82. The summed E-state index contributed by atoms with van der Waals surface area (Å²) in [4.78, 5) is 0. The fraction of sp³-hybridized carbons (Fsp3) is 0.793. The summed E-state index contributed by atoms with van der Waals surface area (Å²) in [7, 11) is 0. The van der Waals surface area contributed by atoms with Gasteiger partial charge in [-0.2, -0.15) is 0 Å². The lowest BCUT2D eigenvalue weighted by Crippen LogP contribution is -2.52. The maximum atomic E-state index is 10.8. The SMILES string of the molecule is CC(C)=CCC[C@@H](CO)[C@H]1CC=C2C[C@H]1CCC1=C2CC[C@@H]2C1(C)CC[C@H](O)C2(C)C. The van der Waals surface area contributed by atoms with Gasteiger partial charge in [0.25, 0.3) is 0 Å². The Balaban J connectivity index is 1.56. The van der Waals surface area contributed by atoms with E-state index in [0.717, 1.165) is 38.0 Å². The van der Waals surface area contributed by atoms with Crippen LogP contribution in [0.25, 0.3) is 0 Å². The van der Waals surface area contributed by atoms with E-state index >= 15 is 0 Å². The van der Waals surface area contributed by atoms with Gasteiger partial charge in [0.1, 0.15) is 0 Å². The standard InChI is InChI=1S/C29H46O2/c1-19(2)7-6-8-22(18-30)23-11-9-21-17-20(23)10-13-25-24(21)12-14-26-28(3,4)27(31)15-16-29(25,26)5/h7,9,20,22-23,26-27,30-31H,6,8,10-18H2,1-5H3/t20-,22+,23+,26+,27+,29?/m1/s1. The molecular formula is C29H46O2. The lowest BCUT2D eigenvalue weighted by Gasteiger charge is -2.57. The molecule has 31 heavy (non-hydrogen) atoms. The largest absolute Gasteiger partial charge is 0.396 e. The quantitative estimate of drug-likeness (QED) is 0.465. The summed E-state index contributed by atoms with van der Waals surface area (Å²) in [6.45, 7) is 11.8. The van der Waals surface area contributed by atoms with E-state index in [1.165, 1.54) is 37.7 Å². The van der Waals surface area contributed by atoms with Crippen LogP contribution >= 0.6 is 0 Å². The Kier molecular flexibility index (Phi) is 6.63. The molecule has 2 heteroatoms. The first-order valence-electron chi connectivity index (χ1n) is 13.0. The number of aliphatic hydroxyl groups excluding tert-OH is 2. The molecule has 0 aromatic rings. The van der Waals surface area contributed by atoms with E-state index < -0.39 is 0 Å². The van der Waals surface area contributed by atoms with Crippen molar-refractivity contribution in [2.75, 3.05) is 6.61 Å². The maximum Gasteiger partial charge on any atom is 0.0594 e. The molecule has 4 rings (SSSR count). The van der Waals surface area contributed by atoms with Crippen molar-refractivity contribution >= 4 is 0 Å². The molecule has 0 aromatic heterocycles. The number of hydrogen-bond donors (Lipinski definition) is 2. The van der Waals surface area contributed by atoms with Crippen LogP contribution in [0.4, 0.5) is 0 Å². The molecule has 6 atom stereocenters. The highest BCUT2D eigenvalue weighted by Crippen LogP contribution is 2.62. The lowest BCUT2D eigenvalue weighted by atomic mass is 9.49. The Morgan fingerprint density at radius 3 is 2.65 bits per heavy atom. The number of allylic oxidation sites excluding steroid dienone is 6. The molecule has 4 aliphatic carbocycles. The van der Waals surface area contributed by atoms with Gasteiger partial charge in [0.05, 0.1) is 6.10 Å². The van der Waals surface area contributed by atoms with Gasteiger partial charge in [-0.3, -0.25) is 0 Å². The summed E-state index contributed by atoms with van der Waals surface area (Å²) in [5.41, 5.74) is 6.76. The van der Waals surface area contributed by atoms with Gasteiger partial charge in [-0.25, -0.2) is 0 Å². The zero-order valence-corrected chi connectivity index (χ0v) is 20.7. The molecule has 0 aliphatic heterocycles. The minimum absolute atomic E-state index is 0.0107. The molecule has 0 radical (unpaired) electrons. The van der Waals surface area contributed by atoms with E-state index in [1.54, 1.807) is 16.7 Å². The summed E-state index contributed by atoms with van der Waals surface area (Å²) in [5.74, 6) is 2.37. The van der Waals surface area contributed by atoms with Gasteiger partial charge in [0.2, 0.25) is 0 Å². The van der Waals surface area contributed by atoms with Gasteiger partial charge < -0.3 is 10.2 Å². The van der Waals surface area contributed by atoms with Crippen molar-refractivity contribution in [3.05, 3.63) is 34.4 Å². The van der Waals surface area contributed by atoms with Crippen LogP contribution in [-0.4, -0.2) is 22.9 Å². The molecular weight excluding hydrogens is 380 g/mol. The number of hydrogen-bond acceptors (Lipinski definition) is 2. The molecule has 1 saturated carbocycles. The highest BCUT2D eigenvalue weighted by atomic mass is 16.3. The monoisotopic (exact) mass is 426 g/mol. The fourth-order valence-electron chi connectivity index (χ4n) is 8.15. The molecule has 2 nitrogen and oxygen atoms in total. The topological polar surface area (TPSA) is 40.5 Å². The second-order valence-corrected chi connectivity index (χ2v) is 12.3. The summed E-state index contributed by atoms with van der Waals surface area (Å²) in [6.07, 6.45) is 16.4. The average Bonchev–Trinajstić information content (AvgIpc) is 2.87. The molecule has 2 N–H and O–H groups in total. The van der Waals surface area contributed by atoms with Crippen molar-refractivity contribution in [3.63, 3.8) is 0 Å². The molecule has 174 valence electrons. The van der Waals surface area contributed by atoms with E-state index in [9.17, 15) is 10.2 Å². The van der Waals surface area contributed by atoms with Crippen molar-refractivity contribution in [1.29, 1.82) is 0 Å². The van der Waals surface area contributed by atoms with Gasteiger partial charge in [0.15, 0.2) is 0 Å². The van der Waals surface area contributed by atoms with Crippen LogP contribution in [0.5, 0.6) is 0 Å². The van der Waals surface area contributed by atoms with E-state index in [4.69, 9.17) is 0 Å². The molecule has 0 heterocycles. The summed E-state index contributed by atoms with van der Waals surface area (Å²) < 4.78 is 0. The molecule has 4 aliphatic rings. The minimum atomic E-state index is -0.160. The molecule has 0 saturated heterocycles. The third kappa shape index (κ3) is 4.12. The second-order valence-electron chi connectivity index (χ2n) is 12.3. The zero-order valence-electron chi connectivity index (χ0n) is 20.7. The Labute approximate surface area is 190 Å². The first-order valence-corrected chi connectivity index (χ1v) is 13.0. The van der Waals surface area contributed by atoms with Crippen LogP contribution in [0.3, 0.4) is 0 Å². The Morgan fingerprint density at radius 2 is 1.94 bits per heavy atom. The van der Waals surface area contributed by atoms with Crippen LogP contribution in [-0.2, 0) is 0 Å². The first kappa shape index (κ1) is 23.3. The normalized spacial score (nSPS) is 37.8. The van der Waals surface area contributed by atoms with E-state index in [2.05, 4.69) is 46.8 Å². The van der Waals surface area contributed by atoms with Crippen LogP contribution < -0.4 is 0 Å². The summed E-state index contributed by atoms with van der Waals surface area (Å²) >= 11 is 0. The van der Waals surface area contributed by atoms with Crippen LogP contribution in [0.15, 0.2) is 34.4 Å². The Bertz CT molecular complexity index is 766. The van der Waals surface area contributed by atoms with E-state index in [-0.39, 0.29) is 16.9 Å². The summed E-state index contributed by atoms with van der Waals surface area (Å²) in [6, 6.07) is 0. The van der Waals surface area contributed by atoms with E-state index in [0.29, 0.717) is 24.4 Å². The Morgan fingerprint density at radius 1 is 1.16 bits per heavy atom. The summed E-state index contributed by atoms with van der Waals surface area (Å²) in [5, 5.41) is 21.0. The third-order valence-electron chi connectivity index (χ3n) is 10.0. The highest BCUT2D eigenvalue weighted by molar-refractivity contribution is 5.44. The molecule has 0 aromatic carbocycles. The number of fused-ring (bicyclic) bond motifs is 5. The average molecular weight is 427 g/mol. The van der Waals surface area contributed by atoms with Crippen molar-refractivity contribution in [2.45, 2.75) is 105 Å². The molecule has 1 fully saturated rings. The number of rotatable bonds is 5. The van der Waals surface area contributed by atoms with Gasteiger partial charge in [-0.1, -0.05) is 44.1 Å². The van der Waals surface area contributed by atoms with Gasteiger partial charge >= 0.3 is 0 Å². The van der Waals surface area contributed by atoms with Crippen LogP contribution in [0.1, 0.15) is 98.8 Å². The lowest BCUT2D eigenvalue weighted by molar-refractivity contribution is -0.0891. The number of aliphatic hydroxyl groups is 2. The van der Waals surface area contributed by atoms with Gasteiger partial charge in [-0.15, -0.1) is 0 Å². The van der Waals surface area contributed by atoms with Gasteiger partial charge in [-0.05, 0) is 124 Å². The van der Waals surface area contributed by atoms with Crippen molar-refractivity contribution in [2.24, 2.45) is 34.5 Å². The first-order chi connectivity index (χ1) is 14.7. The molecule has 0 amide bonds. The third-order valence-corrected chi connectivity index (χ3v) is 10.0. The zero-order chi connectivity index (χ0) is 22.4. The van der Waals surface area contributed by atoms with Crippen molar-refractivity contribution < 1.29 is 10.2 Å². The predicted molar refractivity (Wildman–Crippen MR) is 130 cm³/mol. The van der Waals surface area contributed by atoms with Crippen LogP contribution in [0.2, 0.25) is 0 Å². The molecule has 0 spiro atoms. The van der Waals surface area contributed by atoms with Crippen molar-refractivity contribution in [1.82, 2.24) is 0 Å². The van der Waals surface area contributed by atoms with Crippen molar-refractivity contribution in [3.8, 4) is 0 Å². The Hall–Kier alpha value is -0.860. The highest BCUT2D eigenvalue weighted by Gasteiger charge is 2.54. The molecule has 2 bridgehead atoms. The smallest absolute Gasteiger partial charge is 0.0594 e. The fourth-order valence-corrected chi connectivity index (χ4v) is 8.15. The van der Waals surface area contributed by atoms with Crippen LogP contribution in [0, 0.1) is 34.5 Å². The minimum Gasteiger partial charge on any atom is -0.396 e. The van der Waals surface area contributed by atoms with Gasteiger partial charge in [0, 0.05) is 6.61 Å².